The molecule has 0 unspecified atom stereocenters. The Kier molecular flexibility index (Phi) is 4.09. The Labute approximate surface area is 124 Å². The van der Waals surface area contributed by atoms with E-state index in [9.17, 15) is 0 Å². The Morgan fingerprint density at radius 1 is 0.857 bits per heavy atom. The number of hydrogen-bond acceptors (Lipinski definition) is 3. The van der Waals surface area contributed by atoms with E-state index in [4.69, 9.17) is 14.5 Å². The Bertz CT molecular complexity index is 719. The molecule has 0 aliphatic heterocycles. The summed E-state index contributed by atoms with van der Waals surface area (Å²) < 4.78 is 5.36. The second-order valence-corrected chi connectivity index (χ2v) is 5.23. The molecule has 0 atom stereocenters. The van der Waals surface area contributed by atoms with Crippen LogP contribution in [0.1, 0.15) is 17.5 Å². The van der Waals surface area contributed by atoms with Gasteiger partial charge in [0.2, 0.25) is 0 Å². The lowest BCUT2D eigenvalue weighted by molar-refractivity contribution is 0.412. The smallest absolute Gasteiger partial charge is 0.465 e. The normalized spacial score (nSPS) is 11.0. The first-order chi connectivity index (χ1) is 10.2. The van der Waals surface area contributed by atoms with Crippen molar-refractivity contribution in [3.63, 3.8) is 0 Å². The van der Waals surface area contributed by atoms with E-state index in [1.807, 2.05) is 18.2 Å². The van der Waals surface area contributed by atoms with E-state index in [-0.39, 0.29) is 5.66 Å². The molecule has 0 aliphatic rings. The van der Waals surface area contributed by atoms with Crippen LogP contribution in [0.5, 0.6) is 0 Å². The summed E-state index contributed by atoms with van der Waals surface area (Å²) in [7, 11) is -1.56. The summed E-state index contributed by atoms with van der Waals surface area (Å²) in [5, 5.41) is 19.2. The van der Waals surface area contributed by atoms with Crippen LogP contribution in [-0.4, -0.2) is 17.2 Å². The Morgan fingerprint density at radius 2 is 1.62 bits per heavy atom. The van der Waals surface area contributed by atoms with Crippen LogP contribution in [0.4, 0.5) is 0 Å². The molecule has 0 amide bonds. The van der Waals surface area contributed by atoms with E-state index in [2.05, 4.69) is 30.3 Å². The standard InChI is InChI=1S/C17H17BO3/c19-18(20)17-12-15-11-14(9-10-16(15)21-17)8-4-7-13-5-2-1-3-6-13/h1-3,5-6,9-12,19-20H,4,7-8H2. The molecule has 2 N–H and O–H groups in total. The molecule has 0 spiro atoms. The van der Waals surface area contributed by atoms with Crippen LogP contribution in [-0.2, 0) is 12.8 Å². The van der Waals surface area contributed by atoms with Gasteiger partial charge in [-0.05, 0) is 48.6 Å². The molecule has 0 bridgehead atoms. The number of furan rings is 1. The number of rotatable bonds is 5. The Hall–Kier alpha value is -2.04. The fraction of sp³-hybridized carbons (Fsp3) is 0.176. The second-order valence-electron chi connectivity index (χ2n) is 5.23. The van der Waals surface area contributed by atoms with Gasteiger partial charge < -0.3 is 14.5 Å². The summed E-state index contributed by atoms with van der Waals surface area (Å²) in [4.78, 5) is 0. The first-order valence-electron chi connectivity index (χ1n) is 7.15. The van der Waals surface area contributed by atoms with Gasteiger partial charge in [0.05, 0.1) is 0 Å². The fourth-order valence-corrected chi connectivity index (χ4v) is 2.54. The van der Waals surface area contributed by atoms with E-state index in [0.29, 0.717) is 5.58 Å². The predicted octanol–water partition coefficient (Wildman–Crippen LogP) is 2.29. The van der Waals surface area contributed by atoms with Gasteiger partial charge in [-0.1, -0.05) is 36.4 Å². The van der Waals surface area contributed by atoms with Crippen molar-refractivity contribution in [3.8, 4) is 0 Å². The van der Waals surface area contributed by atoms with Crippen molar-refractivity contribution in [2.45, 2.75) is 19.3 Å². The molecule has 0 radical (unpaired) electrons. The minimum absolute atomic E-state index is 0.187. The number of hydrogen-bond donors (Lipinski definition) is 2. The summed E-state index contributed by atoms with van der Waals surface area (Å²) in [6.07, 6.45) is 3.14. The zero-order chi connectivity index (χ0) is 14.7. The maximum absolute atomic E-state index is 9.12. The average molecular weight is 280 g/mol. The summed E-state index contributed by atoms with van der Waals surface area (Å²) in [6.45, 7) is 0. The zero-order valence-corrected chi connectivity index (χ0v) is 11.7. The summed E-state index contributed by atoms with van der Waals surface area (Å²) in [5.41, 5.74) is 3.46. The maximum atomic E-state index is 9.12. The molecule has 0 aliphatic carbocycles. The largest absolute Gasteiger partial charge is 0.526 e. The average Bonchev–Trinajstić information content (AvgIpc) is 2.92. The van der Waals surface area contributed by atoms with Crippen molar-refractivity contribution in [3.05, 3.63) is 65.7 Å². The number of aryl methyl sites for hydroxylation is 2. The van der Waals surface area contributed by atoms with Gasteiger partial charge in [-0.3, -0.25) is 0 Å². The van der Waals surface area contributed by atoms with Gasteiger partial charge in [-0.25, -0.2) is 0 Å². The Morgan fingerprint density at radius 3 is 2.38 bits per heavy atom. The van der Waals surface area contributed by atoms with Crippen LogP contribution in [0.25, 0.3) is 11.0 Å². The molecule has 3 nitrogen and oxygen atoms in total. The molecule has 3 rings (SSSR count). The van der Waals surface area contributed by atoms with Gasteiger partial charge in [0, 0.05) is 5.39 Å². The van der Waals surface area contributed by atoms with Gasteiger partial charge in [0.15, 0.2) is 0 Å². The minimum Gasteiger partial charge on any atom is -0.465 e. The minimum atomic E-state index is -1.56. The second kappa shape index (κ2) is 6.16. The quantitative estimate of drug-likeness (QED) is 0.705. The van der Waals surface area contributed by atoms with Gasteiger partial charge in [0.25, 0.3) is 0 Å². The molecule has 2 aromatic carbocycles. The fourth-order valence-electron chi connectivity index (χ4n) is 2.54. The van der Waals surface area contributed by atoms with Crippen molar-refractivity contribution in [1.82, 2.24) is 0 Å². The molecular formula is C17H17BO3. The summed E-state index contributed by atoms with van der Waals surface area (Å²) in [5.74, 6) is 0. The molecule has 0 fully saturated rings. The third-order valence-electron chi connectivity index (χ3n) is 3.63. The molecule has 0 saturated carbocycles. The van der Waals surface area contributed by atoms with Gasteiger partial charge >= 0.3 is 7.12 Å². The van der Waals surface area contributed by atoms with E-state index < -0.39 is 7.12 Å². The topological polar surface area (TPSA) is 53.6 Å². The molecule has 1 heterocycles. The Balaban J connectivity index is 1.67. The SMILES string of the molecule is OB(O)c1cc2cc(CCCc3ccccc3)ccc2o1. The highest BCUT2D eigenvalue weighted by atomic mass is 16.4. The van der Waals surface area contributed by atoms with E-state index in [1.54, 1.807) is 6.07 Å². The predicted molar refractivity (Wildman–Crippen MR) is 84.5 cm³/mol. The van der Waals surface area contributed by atoms with Crippen molar-refractivity contribution >= 4 is 23.7 Å². The van der Waals surface area contributed by atoms with Gasteiger partial charge in [0.1, 0.15) is 11.2 Å². The lowest BCUT2D eigenvalue weighted by atomic mass is 9.88. The lowest BCUT2D eigenvalue weighted by Crippen LogP contribution is -2.27. The number of fused-ring (bicyclic) bond motifs is 1. The first-order valence-corrected chi connectivity index (χ1v) is 7.15. The molecule has 1 aromatic heterocycles. The van der Waals surface area contributed by atoms with Crippen molar-refractivity contribution < 1.29 is 14.5 Å². The number of benzene rings is 2. The van der Waals surface area contributed by atoms with Crippen LogP contribution in [0.2, 0.25) is 0 Å². The highest BCUT2D eigenvalue weighted by Crippen LogP contribution is 2.18. The van der Waals surface area contributed by atoms with Gasteiger partial charge in [-0.2, -0.15) is 0 Å². The van der Waals surface area contributed by atoms with Crippen molar-refractivity contribution in [2.24, 2.45) is 0 Å². The van der Waals surface area contributed by atoms with E-state index >= 15 is 0 Å². The lowest BCUT2D eigenvalue weighted by Gasteiger charge is -2.02. The third kappa shape index (κ3) is 3.35. The third-order valence-corrected chi connectivity index (χ3v) is 3.63. The summed E-state index contributed by atoms with van der Waals surface area (Å²) >= 11 is 0. The van der Waals surface area contributed by atoms with Crippen LogP contribution < -0.4 is 5.66 Å². The summed E-state index contributed by atoms with van der Waals surface area (Å²) in [6, 6.07) is 18.1. The molecular weight excluding hydrogens is 263 g/mol. The molecule has 3 aromatic rings. The van der Waals surface area contributed by atoms with Crippen LogP contribution in [0, 0.1) is 0 Å². The highest BCUT2D eigenvalue weighted by molar-refractivity contribution is 6.57. The van der Waals surface area contributed by atoms with E-state index in [1.165, 1.54) is 11.1 Å². The highest BCUT2D eigenvalue weighted by Gasteiger charge is 2.16. The molecule has 4 heteroatoms. The maximum Gasteiger partial charge on any atom is 0.526 e. The molecule has 106 valence electrons. The van der Waals surface area contributed by atoms with Crippen LogP contribution >= 0.6 is 0 Å². The monoisotopic (exact) mass is 280 g/mol. The van der Waals surface area contributed by atoms with Gasteiger partial charge in [-0.15, -0.1) is 0 Å². The molecule has 0 saturated heterocycles. The van der Waals surface area contributed by atoms with Crippen LogP contribution in [0.3, 0.4) is 0 Å². The van der Waals surface area contributed by atoms with E-state index in [0.717, 1.165) is 24.6 Å². The molecule has 21 heavy (non-hydrogen) atoms. The van der Waals surface area contributed by atoms with Crippen LogP contribution in [0.15, 0.2) is 59.0 Å². The van der Waals surface area contributed by atoms with Crippen molar-refractivity contribution in [1.29, 1.82) is 0 Å². The van der Waals surface area contributed by atoms with Crippen molar-refractivity contribution in [2.75, 3.05) is 0 Å². The zero-order valence-electron chi connectivity index (χ0n) is 11.7. The first kappa shape index (κ1) is 13.9.